The Labute approximate surface area is 163 Å². The Morgan fingerprint density at radius 3 is 2.45 bits per heavy atom. The Morgan fingerprint density at radius 2 is 1.76 bits per heavy atom. The highest BCUT2D eigenvalue weighted by Crippen LogP contribution is 2.22. The van der Waals surface area contributed by atoms with Crippen molar-refractivity contribution in [3.05, 3.63) is 94.5 Å². The third kappa shape index (κ3) is 3.62. The van der Waals surface area contributed by atoms with Crippen LogP contribution in [0.4, 0.5) is 8.78 Å². The van der Waals surface area contributed by atoms with Gasteiger partial charge < -0.3 is 9.30 Å². The first-order chi connectivity index (χ1) is 14.1. The van der Waals surface area contributed by atoms with Crippen LogP contribution in [0.15, 0.2) is 71.8 Å². The van der Waals surface area contributed by atoms with Crippen molar-refractivity contribution in [2.75, 3.05) is 0 Å². The molecule has 2 aromatic heterocycles. The van der Waals surface area contributed by atoms with Gasteiger partial charge in [-0.25, -0.2) is 9.37 Å². The second kappa shape index (κ2) is 7.63. The zero-order chi connectivity index (χ0) is 20.4. The van der Waals surface area contributed by atoms with Gasteiger partial charge in [0.2, 0.25) is 11.4 Å². The second-order valence-electron chi connectivity index (χ2n) is 6.36. The molecule has 2 aromatic carbocycles. The van der Waals surface area contributed by atoms with E-state index >= 15 is 0 Å². The minimum atomic E-state index is -0.684. The van der Waals surface area contributed by atoms with E-state index in [4.69, 9.17) is 4.74 Å². The van der Waals surface area contributed by atoms with Crippen LogP contribution in [0.25, 0.3) is 22.0 Å². The standard InChI is InChI=1S/C22H14F2N2O3/c23-17-2-1-3-18-21(17)22(28)19(29-13-27)12-26(18)11-14-4-6-15(7-5-14)16-8-9-20(24)25-10-16/h1-10,12-13H,11H2. The highest BCUT2D eigenvalue weighted by Gasteiger charge is 2.14. The molecule has 0 aliphatic carbocycles. The predicted molar refractivity (Wildman–Crippen MR) is 104 cm³/mol. The van der Waals surface area contributed by atoms with Crippen LogP contribution in [0.2, 0.25) is 0 Å². The maximum atomic E-state index is 14.3. The maximum Gasteiger partial charge on any atom is 0.298 e. The number of benzene rings is 2. The summed E-state index contributed by atoms with van der Waals surface area (Å²) in [6.07, 6.45) is 2.84. The Bertz CT molecular complexity index is 1250. The minimum absolute atomic E-state index is 0.138. The molecule has 4 rings (SSSR count). The Balaban J connectivity index is 1.73. The first-order valence-electron chi connectivity index (χ1n) is 8.69. The summed E-state index contributed by atoms with van der Waals surface area (Å²) in [6, 6.07) is 14.7. The number of carbonyl (C=O) groups is 1. The first kappa shape index (κ1) is 18.5. The van der Waals surface area contributed by atoms with Crippen molar-refractivity contribution >= 4 is 17.4 Å². The van der Waals surface area contributed by atoms with Crippen LogP contribution in [0.3, 0.4) is 0 Å². The number of hydrogen-bond donors (Lipinski definition) is 0. The molecule has 4 aromatic rings. The van der Waals surface area contributed by atoms with Crippen LogP contribution < -0.4 is 10.2 Å². The highest BCUT2D eigenvalue weighted by atomic mass is 19.1. The largest absolute Gasteiger partial charge is 0.423 e. The lowest BCUT2D eigenvalue weighted by atomic mass is 10.1. The van der Waals surface area contributed by atoms with Gasteiger partial charge >= 0.3 is 0 Å². The summed E-state index contributed by atoms with van der Waals surface area (Å²) >= 11 is 0. The average molecular weight is 392 g/mol. The molecule has 0 saturated carbocycles. The second-order valence-corrected chi connectivity index (χ2v) is 6.36. The van der Waals surface area contributed by atoms with Gasteiger partial charge in [0.05, 0.1) is 17.1 Å². The van der Waals surface area contributed by atoms with Crippen molar-refractivity contribution in [1.29, 1.82) is 0 Å². The lowest BCUT2D eigenvalue weighted by Gasteiger charge is -2.13. The summed E-state index contributed by atoms with van der Waals surface area (Å²) in [4.78, 5) is 26.8. The molecule has 0 N–H and O–H groups in total. The Kier molecular flexibility index (Phi) is 4.87. The fraction of sp³-hybridized carbons (Fsp3) is 0.0455. The summed E-state index contributed by atoms with van der Waals surface area (Å²) in [5, 5.41) is -0.138. The van der Waals surface area contributed by atoms with Gasteiger partial charge in [-0.2, -0.15) is 4.39 Å². The molecular weight excluding hydrogens is 378 g/mol. The fourth-order valence-electron chi connectivity index (χ4n) is 3.18. The zero-order valence-electron chi connectivity index (χ0n) is 15.0. The maximum absolute atomic E-state index is 14.3. The molecule has 0 saturated heterocycles. The van der Waals surface area contributed by atoms with E-state index in [-0.39, 0.29) is 17.6 Å². The van der Waals surface area contributed by atoms with E-state index in [9.17, 15) is 18.4 Å². The molecule has 29 heavy (non-hydrogen) atoms. The molecule has 7 heteroatoms. The topological polar surface area (TPSA) is 61.2 Å². The fourth-order valence-corrected chi connectivity index (χ4v) is 3.18. The van der Waals surface area contributed by atoms with Gasteiger partial charge in [0.1, 0.15) is 5.82 Å². The van der Waals surface area contributed by atoms with Gasteiger partial charge in [0, 0.05) is 18.3 Å². The van der Waals surface area contributed by atoms with E-state index in [2.05, 4.69) is 4.98 Å². The lowest BCUT2D eigenvalue weighted by Crippen LogP contribution is -2.14. The molecule has 0 atom stereocenters. The van der Waals surface area contributed by atoms with Crippen molar-refractivity contribution in [2.24, 2.45) is 0 Å². The molecule has 5 nitrogen and oxygen atoms in total. The summed E-state index contributed by atoms with van der Waals surface area (Å²) in [7, 11) is 0. The smallest absolute Gasteiger partial charge is 0.298 e. The van der Waals surface area contributed by atoms with Crippen molar-refractivity contribution in [3.8, 4) is 16.9 Å². The average Bonchev–Trinajstić information content (AvgIpc) is 2.73. The summed E-state index contributed by atoms with van der Waals surface area (Å²) in [5.41, 5.74) is 2.22. The monoisotopic (exact) mass is 392 g/mol. The van der Waals surface area contributed by atoms with E-state index in [0.717, 1.165) is 16.7 Å². The zero-order valence-corrected chi connectivity index (χ0v) is 15.0. The molecule has 0 radical (unpaired) electrons. The molecule has 2 heterocycles. The molecule has 0 unspecified atom stereocenters. The Morgan fingerprint density at radius 1 is 1.00 bits per heavy atom. The van der Waals surface area contributed by atoms with E-state index in [1.807, 2.05) is 24.3 Å². The first-order valence-corrected chi connectivity index (χ1v) is 8.69. The number of fused-ring (bicyclic) bond motifs is 1. The number of rotatable bonds is 5. The number of carbonyl (C=O) groups excluding carboxylic acids is 1. The van der Waals surface area contributed by atoms with Crippen LogP contribution in [-0.2, 0) is 11.3 Å². The van der Waals surface area contributed by atoms with Crippen molar-refractivity contribution in [3.63, 3.8) is 0 Å². The van der Waals surface area contributed by atoms with Crippen molar-refractivity contribution < 1.29 is 18.3 Å². The summed E-state index contributed by atoms with van der Waals surface area (Å²) < 4.78 is 33.6. The van der Waals surface area contributed by atoms with Crippen LogP contribution >= 0.6 is 0 Å². The van der Waals surface area contributed by atoms with E-state index in [1.165, 1.54) is 30.6 Å². The van der Waals surface area contributed by atoms with Gasteiger partial charge in [0.15, 0.2) is 5.75 Å². The van der Waals surface area contributed by atoms with Gasteiger partial charge in [-0.1, -0.05) is 30.3 Å². The summed E-state index contributed by atoms with van der Waals surface area (Å²) in [6.45, 7) is 0.455. The number of nitrogens with zero attached hydrogens (tertiary/aromatic N) is 2. The number of aromatic nitrogens is 2. The molecule has 0 fully saturated rings. The summed E-state index contributed by atoms with van der Waals surface area (Å²) in [5.74, 6) is -1.47. The van der Waals surface area contributed by atoms with Gasteiger partial charge in [-0.05, 0) is 35.4 Å². The van der Waals surface area contributed by atoms with Crippen LogP contribution in [-0.4, -0.2) is 16.0 Å². The molecule has 0 spiro atoms. The van der Waals surface area contributed by atoms with Gasteiger partial charge in [-0.15, -0.1) is 0 Å². The SMILES string of the molecule is O=COc1cn(Cc2ccc(-c3ccc(F)nc3)cc2)c2cccc(F)c2c1=O. The third-order valence-electron chi connectivity index (χ3n) is 4.57. The lowest BCUT2D eigenvalue weighted by molar-refractivity contribution is -0.120. The van der Waals surface area contributed by atoms with Gasteiger partial charge in [-0.3, -0.25) is 9.59 Å². The molecule has 0 bridgehead atoms. The molecule has 0 amide bonds. The highest BCUT2D eigenvalue weighted by molar-refractivity contribution is 5.81. The molecular formula is C22H14F2N2O3. The van der Waals surface area contributed by atoms with Crippen LogP contribution in [0, 0.1) is 11.8 Å². The molecule has 0 aliphatic rings. The van der Waals surface area contributed by atoms with Crippen molar-refractivity contribution in [2.45, 2.75) is 6.54 Å². The quantitative estimate of drug-likeness (QED) is 0.382. The number of pyridine rings is 2. The van der Waals surface area contributed by atoms with Crippen molar-refractivity contribution in [1.82, 2.24) is 9.55 Å². The van der Waals surface area contributed by atoms with E-state index in [1.54, 1.807) is 16.7 Å². The third-order valence-corrected chi connectivity index (χ3v) is 4.57. The molecule has 144 valence electrons. The number of hydrogen-bond acceptors (Lipinski definition) is 4. The van der Waals surface area contributed by atoms with E-state index < -0.39 is 17.2 Å². The van der Waals surface area contributed by atoms with Crippen LogP contribution in [0.5, 0.6) is 5.75 Å². The predicted octanol–water partition coefficient (Wildman–Crippen LogP) is 3.93. The van der Waals surface area contributed by atoms with Crippen LogP contribution in [0.1, 0.15) is 5.56 Å². The normalized spacial score (nSPS) is 10.8. The molecule has 0 aliphatic heterocycles. The number of halogens is 2. The van der Waals surface area contributed by atoms with Gasteiger partial charge in [0.25, 0.3) is 6.47 Å². The number of ether oxygens (including phenoxy) is 1. The minimum Gasteiger partial charge on any atom is -0.423 e. The van der Waals surface area contributed by atoms with E-state index in [0.29, 0.717) is 12.1 Å². The Hall–Kier alpha value is -3.87.